The molecule has 0 spiro atoms. The van der Waals surface area contributed by atoms with Crippen molar-refractivity contribution in [2.75, 3.05) is 6.54 Å². The molecule has 0 heterocycles. The van der Waals surface area contributed by atoms with Crippen molar-refractivity contribution in [3.05, 3.63) is 0 Å². The minimum Gasteiger partial charge on any atom is -0.330 e. The average Bonchev–Trinajstić information content (AvgIpc) is 1.97. The van der Waals surface area contributed by atoms with Gasteiger partial charge in [0.05, 0.1) is 0 Å². The van der Waals surface area contributed by atoms with Gasteiger partial charge in [-0.15, -0.1) is 11.8 Å². The summed E-state index contributed by atoms with van der Waals surface area (Å²) >= 11 is 0. The first-order chi connectivity index (χ1) is 4.91. The maximum Gasteiger partial charge on any atom is 0.0212 e. The van der Waals surface area contributed by atoms with Gasteiger partial charge in [-0.3, -0.25) is 0 Å². The molecule has 0 saturated carbocycles. The lowest BCUT2D eigenvalue weighted by Gasteiger charge is -1.87. The standard InChI is InChI=1S/C9H17N/c1-2-3-4-5-6-7-8-9-10/h2-5,8-10H2,1H3. The number of hydrogen-bond acceptors (Lipinski definition) is 1. The number of nitrogens with two attached hydrogens (primary N) is 1. The summed E-state index contributed by atoms with van der Waals surface area (Å²) in [6, 6.07) is 0. The second-order valence-electron chi connectivity index (χ2n) is 2.35. The molecule has 0 aliphatic heterocycles. The summed E-state index contributed by atoms with van der Waals surface area (Å²) in [6.45, 7) is 2.90. The Morgan fingerprint density at radius 3 is 2.40 bits per heavy atom. The van der Waals surface area contributed by atoms with Crippen LogP contribution in [0.2, 0.25) is 0 Å². The van der Waals surface area contributed by atoms with E-state index in [4.69, 9.17) is 5.73 Å². The van der Waals surface area contributed by atoms with Gasteiger partial charge in [0, 0.05) is 19.4 Å². The Labute approximate surface area is 64.0 Å². The first-order valence-corrected chi connectivity index (χ1v) is 4.07. The van der Waals surface area contributed by atoms with Crippen molar-refractivity contribution in [3.8, 4) is 11.8 Å². The maximum atomic E-state index is 5.27. The third-order valence-corrected chi connectivity index (χ3v) is 1.30. The number of hydrogen-bond donors (Lipinski definition) is 1. The van der Waals surface area contributed by atoms with Crippen LogP contribution in [0.3, 0.4) is 0 Å². The van der Waals surface area contributed by atoms with Crippen LogP contribution in [0.4, 0.5) is 0 Å². The summed E-state index contributed by atoms with van der Waals surface area (Å²) in [5.74, 6) is 6.11. The van der Waals surface area contributed by atoms with Crippen LogP contribution in [0.1, 0.15) is 39.0 Å². The van der Waals surface area contributed by atoms with E-state index in [0.717, 1.165) is 12.8 Å². The topological polar surface area (TPSA) is 26.0 Å². The van der Waals surface area contributed by atoms with Crippen LogP contribution in [0, 0.1) is 11.8 Å². The van der Waals surface area contributed by atoms with Crippen LogP contribution in [-0.4, -0.2) is 6.54 Å². The number of rotatable bonds is 4. The van der Waals surface area contributed by atoms with Crippen LogP contribution >= 0.6 is 0 Å². The molecule has 0 fully saturated rings. The lowest BCUT2D eigenvalue weighted by molar-refractivity contribution is 0.737. The average molecular weight is 139 g/mol. The van der Waals surface area contributed by atoms with Gasteiger partial charge in [-0.2, -0.15) is 0 Å². The highest BCUT2D eigenvalue weighted by molar-refractivity contribution is 4.98. The van der Waals surface area contributed by atoms with E-state index in [1.807, 2.05) is 0 Å². The zero-order valence-electron chi connectivity index (χ0n) is 6.82. The summed E-state index contributed by atoms with van der Waals surface area (Å²) in [5.41, 5.74) is 5.27. The molecule has 1 heteroatoms. The largest absolute Gasteiger partial charge is 0.330 e. The van der Waals surface area contributed by atoms with Gasteiger partial charge in [0.2, 0.25) is 0 Å². The van der Waals surface area contributed by atoms with Crippen molar-refractivity contribution < 1.29 is 0 Å². The fraction of sp³-hybridized carbons (Fsp3) is 0.778. The molecular weight excluding hydrogens is 122 g/mol. The van der Waals surface area contributed by atoms with E-state index < -0.39 is 0 Å². The highest BCUT2D eigenvalue weighted by atomic mass is 14.5. The van der Waals surface area contributed by atoms with Crippen LogP contribution in [0.5, 0.6) is 0 Å². The molecule has 0 unspecified atom stereocenters. The van der Waals surface area contributed by atoms with Gasteiger partial charge >= 0.3 is 0 Å². The van der Waals surface area contributed by atoms with Crippen LogP contribution < -0.4 is 5.73 Å². The zero-order chi connectivity index (χ0) is 7.66. The molecule has 2 N–H and O–H groups in total. The maximum absolute atomic E-state index is 5.27. The molecule has 0 aromatic heterocycles. The van der Waals surface area contributed by atoms with Gasteiger partial charge in [-0.05, 0) is 6.42 Å². The highest BCUT2D eigenvalue weighted by Gasteiger charge is 1.79. The van der Waals surface area contributed by atoms with Crippen molar-refractivity contribution in [2.45, 2.75) is 39.0 Å². The minimum atomic E-state index is 0.695. The van der Waals surface area contributed by atoms with E-state index in [0.29, 0.717) is 6.54 Å². The fourth-order valence-electron chi connectivity index (χ4n) is 0.712. The molecule has 0 rings (SSSR count). The molecule has 0 saturated heterocycles. The Balaban J connectivity index is 2.96. The smallest absolute Gasteiger partial charge is 0.0212 e. The Hall–Kier alpha value is -0.480. The fourth-order valence-corrected chi connectivity index (χ4v) is 0.712. The normalized spacial score (nSPS) is 8.60. The van der Waals surface area contributed by atoms with Crippen molar-refractivity contribution in [1.82, 2.24) is 0 Å². The van der Waals surface area contributed by atoms with Crippen LogP contribution in [0.25, 0.3) is 0 Å². The predicted molar refractivity (Wildman–Crippen MR) is 45.6 cm³/mol. The summed E-state index contributed by atoms with van der Waals surface area (Å²) in [7, 11) is 0. The van der Waals surface area contributed by atoms with Gasteiger partial charge in [-0.25, -0.2) is 0 Å². The van der Waals surface area contributed by atoms with Crippen molar-refractivity contribution >= 4 is 0 Å². The molecule has 1 nitrogen and oxygen atoms in total. The van der Waals surface area contributed by atoms with Gasteiger partial charge in [0.15, 0.2) is 0 Å². The number of unbranched alkanes of at least 4 members (excludes halogenated alkanes) is 3. The van der Waals surface area contributed by atoms with E-state index in [9.17, 15) is 0 Å². The summed E-state index contributed by atoms with van der Waals surface area (Å²) in [5, 5.41) is 0. The van der Waals surface area contributed by atoms with E-state index in [1.165, 1.54) is 19.3 Å². The lowest BCUT2D eigenvalue weighted by Crippen LogP contribution is -1.95. The summed E-state index contributed by atoms with van der Waals surface area (Å²) < 4.78 is 0. The molecule has 0 radical (unpaired) electrons. The summed E-state index contributed by atoms with van der Waals surface area (Å²) in [4.78, 5) is 0. The van der Waals surface area contributed by atoms with Crippen molar-refractivity contribution in [1.29, 1.82) is 0 Å². The third-order valence-electron chi connectivity index (χ3n) is 1.30. The van der Waals surface area contributed by atoms with Crippen LogP contribution in [0.15, 0.2) is 0 Å². The molecule has 0 atom stereocenters. The predicted octanol–water partition coefficient (Wildman–Crippen LogP) is 1.92. The Bertz CT molecular complexity index is 108. The molecule has 0 bridgehead atoms. The van der Waals surface area contributed by atoms with E-state index in [1.54, 1.807) is 0 Å². The van der Waals surface area contributed by atoms with Gasteiger partial charge in [0.25, 0.3) is 0 Å². The molecular formula is C9H17N. The monoisotopic (exact) mass is 139 g/mol. The first kappa shape index (κ1) is 9.52. The second kappa shape index (κ2) is 8.52. The van der Waals surface area contributed by atoms with E-state index >= 15 is 0 Å². The first-order valence-electron chi connectivity index (χ1n) is 4.07. The summed E-state index contributed by atoms with van der Waals surface area (Å²) in [6.07, 6.45) is 5.73. The molecule has 0 aromatic carbocycles. The van der Waals surface area contributed by atoms with Gasteiger partial charge < -0.3 is 5.73 Å². The molecule has 0 amide bonds. The van der Waals surface area contributed by atoms with E-state index in [2.05, 4.69) is 18.8 Å². The van der Waals surface area contributed by atoms with Crippen molar-refractivity contribution in [2.24, 2.45) is 5.73 Å². The Morgan fingerprint density at radius 1 is 1.10 bits per heavy atom. The lowest BCUT2D eigenvalue weighted by atomic mass is 10.2. The molecule has 0 aromatic rings. The third kappa shape index (κ3) is 7.52. The molecule has 10 heavy (non-hydrogen) atoms. The van der Waals surface area contributed by atoms with E-state index in [-0.39, 0.29) is 0 Å². The Morgan fingerprint density at radius 2 is 1.80 bits per heavy atom. The quantitative estimate of drug-likeness (QED) is 0.467. The van der Waals surface area contributed by atoms with Crippen molar-refractivity contribution in [3.63, 3.8) is 0 Å². The minimum absolute atomic E-state index is 0.695. The van der Waals surface area contributed by atoms with Crippen LogP contribution in [-0.2, 0) is 0 Å². The Kier molecular flexibility index (Phi) is 8.11. The molecule has 0 aliphatic rings. The molecule has 0 aliphatic carbocycles. The SMILES string of the molecule is CCCCCC#CCCN. The zero-order valence-corrected chi connectivity index (χ0v) is 6.82. The molecule has 58 valence electrons. The second-order valence-corrected chi connectivity index (χ2v) is 2.35. The highest BCUT2D eigenvalue weighted by Crippen LogP contribution is 1.96. The van der Waals surface area contributed by atoms with Gasteiger partial charge in [0.1, 0.15) is 0 Å². The van der Waals surface area contributed by atoms with Gasteiger partial charge in [-0.1, -0.05) is 19.8 Å².